The van der Waals surface area contributed by atoms with Gasteiger partial charge in [-0.05, 0) is 59.5 Å². The first-order valence-corrected chi connectivity index (χ1v) is 12.2. The third kappa shape index (κ3) is 3.27. The lowest BCUT2D eigenvalue weighted by Crippen LogP contribution is -2.43. The number of piperazine rings is 1. The average Bonchev–Trinajstić information content (AvgIpc) is 3.48. The fourth-order valence-electron chi connectivity index (χ4n) is 5.67. The summed E-state index contributed by atoms with van der Waals surface area (Å²) in [5.74, 6) is 0.595. The molecule has 0 amide bonds. The molecule has 2 aromatic heterocycles. The summed E-state index contributed by atoms with van der Waals surface area (Å²) < 4.78 is 2.09. The van der Waals surface area contributed by atoms with Crippen LogP contribution >= 0.6 is 0 Å². The molecule has 1 atom stereocenters. The average molecular weight is 450 g/mol. The van der Waals surface area contributed by atoms with Crippen LogP contribution < -0.4 is 26.0 Å². The molecule has 7 nitrogen and oxygen atoms in total. The number of hydrogen-bond donors (Lipinski definition) is 2. The van der Waals surface area contributed by atoms with Crippen LogP contribution in [0.3, 0.4) is 0 Å². The van der Waals surface area contributed by atoms with Gasteiger partial charge in [0.2, 0.25) is 5.95 Å². The maximum absolute atomic E-state index is 4.89. The minimum Gasteiger partial charge on any atom is -0.369 e. The number of nitrogens with one attached hydrogen (secondary N) is 2. The third-order valence-electron chi connectivity index (χ3n) is 7.33. The molecule has 7 heteroatoms. The molecule has 0 saturated carbocycles. The van der Waals surface area contributed by atoms with E-state index in [1.54, 1.807) is 5.57 Å². The summed E-state index contributed by atoms with van der Waals surface area (Å²) in [6, 6.07) is 15.4. The number of benzene rings is 2. The van der Waals surface area contributed by atoms with Crippen LogP contribution in [0.2, 0.25) is 0 Å². The van der Waals surface area contributed by atoms with Gasteiger partial charge < -0.3 is 15.5 Å². The number of aromatic nitrogens is 4. The number of hydrogen-bond acceptors (Lipinski definition) is 6. The molecule has 4 aromatic rings. The van der Waals surface area contributed by atoms with Crippen LogP contribution in [0.25, 0.3) is 22.7 Å². The Labute approximate surface area is 197 Å². The molecule has 1 unspecified atom stereocenters. The topological polar surface area (TPSA) is 70.9 Å². The highest BCUT2D eigenvalue weighted by molar-refractivity contribution is 5.76. The molecule has 170 valence electrons. The highest BCUT2D eigenvalue weighted by Gasteiger charge is 2.28. The zero-order chi connectivity index (χ0) is 22.5. The Morgan fingerprint density at radius 1 is 1.00 bits per heavy atom. The van der Waals surface area contributed by atoms with Crippen molar-refractivity contribution >= 4 is 40.0 Å². The maximum atomic E-state index is 4.89. The normalized spacial score (nSPS) is 19.2. The van der Waals surface area contributed by atoms with E-state index in [0.29, 0.717) is 5.95 Å². The SMILES string of the molecule is C1=c2cccc3c2=C(CC1)CC3n1ncc2cnc(Nc3ccc(N4CCNCC4)cc3)nc21. The molecule has 1 saturated heterocycles. The molecule has 1 fully saturated rings. The molecule has 3 aliphatic rings. The number of rotatable bonds is 4. The summed E-state index contributed by atoms with van der Waals surface area (Å²) in [4.78, 5) is 11.9. The highest BCUT2D eigenvalue weighted by atomic mass is 15.3. The van der Waals surface area contributed by atoms with Gasteiger partial charge in [0.05, 0.1) is 17.6 Å². The van der Waals surface area contributed by atoms with Crippen LogP contribution in [0.5, 0.6) is 0 Å². The van der Waals surface area contributed by atoms with Gasteiger partial charge >= 0.3 is 0 Å². The lowest BCUT2D eigenvalue weighted by atomic mass is 10.0. The predicted molar refractivity (Wildman–Crippen MR) is 136 cm³/mol. The van der Waals surface area contributed by atoms with Gasteiger partial charge in [-0.15, -0.1) is 0 Å². The van der Waals surface area contributed by atoms with Crippen LogP contribution in [-0.4, -0.2) is 45.9 Å². The Morgan fingerprint density at radius 3 is 2.76 bits per heavy atom. The first-order chi connectivity index (χ1) is 16.8. The van der Waals surface area contributed by atoms with Crippen LogP contribution in [0.15, 0.2) is 54.9 Å². The van der Waals surface area contributed by atoms with Gasteiger partial charge in [-0.1, -0.05) is 29.8 Å². The van der Waals surface area contributed by atoms with Crippen LogP contribution in [0.4, 0.5) is 17.3 Å². The predicted octanol–water partition coefficient (Wildman–Crippen LogP) is 2.70. The van der Waals surface area contributed by atoms with Crippen LogP contribution in [0, 0.1) is 0 Å². The van der Waals surface area contributed by atoms with Crippen LogP contribution in [-0.2, 0) is 0 Å². The molecular weight excluding hydrogens is 422 g/mol. The highest BCUT2D eigenvalue weighted by Crippen LogP contribution is 2.33. The molecule has 2 aromatic carbocycles. The molecule has 2 N–H and O–H groups in total. The van der Waals surface area contributed by atoms with Gasteiger partial charge in [-0.3, -0.25) is 0 Å². The zero-order valence-electron chi connectivity index (χ0n) is 19.0. The molecule has 3 heterocycles. The number of nitrogens with zero attached hydrogens (tertiary/aromatic N) is 5. The largest absolute Gasteiger partial charge is 0.369 e. The maximum Gasteiger partial charge on any atom is 0.229 e. The lowest BCUT2D eigenvalue weighted by Gasteiger charge is -2.29. The molecule has 0 bridgehead atoms. The first kappa shape index (κ1) is 19.7. The second-order valence-corrected chi connectivity index (χ2v) is 9.35. The van der Waals surface area contributed by atoms with Crippen LogP contribution in [0.1, 0.15) is 30.9 Å². The molecule has 34 heavy (non-hydrogen) atoms. The fraction of sp³-hybridized carbons (Fsp3) is 0.296. The van der Waals surface area contributed by atoms with E-state index in [0.717, 1.165) is 62.2 Å². The minimum absolute atomic E-state index is 0.190. The van der Waals surface area contributed by atoms with Gasteiger partial charge in [-0.25, -0.2) is 9.67 Å². The quantitative estimate of drug-likeness (QED) is 0.499. The molecule has 2 aliphatic carbocycles. The van der Waals surface area contributed by atoms with E-state index < -0.39 is 0 Å². The Kier molecular flexibility index (Phi) is 4.62. The van der Waals surface area contributed by atoms with Crippen molar-refractivity contribution in [2.75, 3.05) is 36.4 Å². The monoisotopic (exact) mass is 449 g/mol. The van der Waals surface area contributed by atoms with E-state index >= 15 is 0 Å². The third-order valence-corrected chi connectivity index (χ3v) is 7.33. The van der Waals surface area contributed by atoms with Crippen molar-refractivity contribution in [3.05, 3.63) is 70.9 Å². The summed E-state index contributed by atoms with van der Waals surface area (Å²) in [6.45, 7) is 4.15. The van der Waals surface area contributed by atoms with E-state index in [2.05, 4.69) is 73.7 Å². The van der Waals surface area contributed by atoms with Gasteiger partial charge in [0.1, 0.15) is 0 Å². The Morgan fingerprint density at radius 2 is 1.88 bits per heavy atom. The van der Waals surface area contributed by atoms with Gasteiger partial charge in [0.25, 0.3) is 0 Å². The van der Waals surface area contributed by atoms with Crippen molar-refractivity contribution in [2.45, 2.75) is 25.3 Å². The lowest BCUT2D eigenvalue weighted by molar-refractivity contribution is 0.554. The summed E-state index contributed by atoms with van der Waals surface area (Å²) in [5, 5.41) is 15.3. The van der Waals surface area contributed by atoms with E-state index in [1.165, 1.54) is 21.7 Å². The Bertz CT molecular complexity index is 1500. The molecular formula is C27H27N7. The van der Waals surface area contributed by atoms with E-state index in [9.17, 15) is 0 Å². The van der Waals surface area contributed by atoms with Gasteiger partial charge in [0.15, 0.2) is 5.65 Å². The fourth-order valence-corrected chi connectivity index (χ4v) is 5.67. The van der Waals surface area contributed by atoms with E-state index in [4.69, 9.17) is 10.1 Å². The van der Waals surface area contributed by atoms with E-state index in [-0.39, 0.29) is 6.04 Å². The smallest absolute Gasteiger partial charge is 0.229 e. The summed E-state index contributed by atoms with van der Waals surface area (Å²) in [6.07, 6.45) is 9.40. The van der Waals surface area contributed by atoms with Gasteiger partial charge in [-0.2, -0.15) is 10.1 Å². The number of anilines is 3. The van der Waals surface area contributed by atoms with Crippen molar-refractivity contribution < 1.29 is 0 Å². The van der Waals surface area contributed by atoms with E-state index in [1.807, 2.05) is 12.4 Å². The number of fused-ring (bicyclic) bond motifs is 1. The standard InChI is InChI=1S/C27H27N7/c1-3-18-4-2-6-23-24(15-19(5-1)25(18)23)34-26-20(17-30-34)16-29-27(32-26)31-21-7-9-22(10-8-21)33-13-11-28-12-14-33/h2-4,6-10,16-17,24,28H,1,5,11-15H2,(H,29,31,32). The van der Waals surface area contributed by atoms with Crippen molar-refractivity contribution in [3.63, 3.8) is 0 Å². The van der Waals surface area contributed by atoms with Crippen molar-refractivity contribution in [3.8, 4) is 0 Å². The Balaban J connectivity index is 1.18. The van der Waals surface area contributed by atoms with Gasteiger partial charge in [0, 0.05) is 43.8 Å². The zero-order valence-corrected chi connectivity index (χ0v) is 19.0. The minimum atomic E-state index is 0.190. The van der Waals surface area contributed by atoms with Crippen molar-refractivity contribution in [2.24, 2.45) is 0 Å². The second-order valence-electron chi connectivity index (χ2n) is 9.35. The summed E-state index contributed by atoms with van der Waals surface area (Å²) in [7, 11) is 0. The molecule has 0 radical (unpaired) electrons. The Hall–Kier alpha value is -3.71. The second kappa shape index (κ2) is 7.95. The summed E-state index contributed by atoms with van der Waals surface area (Å²) in [5.41, 5.74) is 6.03. The molecule has 0 spiro atoms. The molecule has 1 aliphatic heterocycles. The van der Waals surface area contributed by atoms with Crippen molar-refractivity contribution in [1.82, 2.24) is 25.1 Å². The van der Waals surface area contributed by atoms with Crippen molar-refractivity contribution in [1.29, 1.82) is 0 Å². The first-order valence-electron chi connectivity index (χ1n) is 12.2. The summed E-state index contributed by atoms with van der Waals surface area (Å²) >= 11 is 0. The molecule has 7 rings (SSSR count).